The summed E-state index contributed by atoms with van der Waals surface area (Å²) in [7, 11) is -4.23. The van der Waals surface area contributed by atoms with Crippen molar-refractivity contribution < 1.29 is 32.8 Å². The summed E-state index contributed by atoms with van der Waals surface area (Å²) in [4.78, 5) is 21.5. The van der Waals surface area contributed by atoms with Gasteiger partial charge in [0.25, 0.3) is 0 Å². The molecule has 0 bridgehead atoms. The van der Waals surface area contributed by atoms with Gasteiger partial charge in [-0.15, -0.1) is 0 Å². The standard InChI is InChI=1S/C27H56NO7P/c1-3-5-6-7-8-9-10-11-12-13-14-15-16-17-18-19-22-32-24-26(35-27(29)20-4-2)25-34-36(30,31)33-23-21-28/h26H,3-25,28H2,1-2H3,(H,30,31)/t26-/m1/s1. The molecule has 0 heterocycles. The van der Waals surface area contributed by atoms with Crippen LogP contribution in [0.4, 0.5) is 0 Å². The van der Waals surface area contributed by atoms with Crippen molar-refractivity contribution >= 4 is 13.8 Å². The Hall–Kier alpha value is -0.500. The minimum absolute atomic E-state index is 0.0934. The molecule has 1 unspecified atom stereocenters. The van der Waals surface area contributed by atoms with Gasteiger partial charge in [-0.3, -0.25) is 13.8 Å². The lowest BCUT2D eigenvalue weighted by atomic mass is 10.0. The molecular formula is C27H56NO7P. The third-order valence-corrected chi connectivity index (χ3v) is 6.98. The number of nitrogens with two attached hydrogens (primary N) is 1. The molecule has 36 heavy (non-hydrogen) atoms. The molecule has 0 rings (SSSR count). The zero-order chi connectivity index (χ0) is 26.7. The van der Waals surface area contributed by atoms with E-state index in [0.29, 0.717) is 13.0 Å². The van der Waals surface area contributed by atoms with Gasteiger partial charge in [-0.25, -0.2) is 4.57 Å². The topological polar surface area (TPSA) is 117 Å². The molecule has 2 atom stereocenters. The van der Waals surface area contributed by atoms with Crippen LogP contribution in [0, 0.1) is 0 Å². The number of ether oxygens (including phenoxy) is 2. The number of unbranched alkanes of at least 4 members (excludes halogenated alkanes) is 15. The van der Waals surface area contributed by atoms with E-state index in [9.17, 15) is 14.3 Å². The second-order valence-corrected chi connectivity index (χ2v) is 11.1. The molecule has 0 aliphatic carbocycles. The predicted molar refractivity (Wildman–Crippen MR) is 146 cm³/mol. The monoisotopic (exact) mass is 537 g/mol. The van der Waals surface area contributed by atoms with E-state index in [-0.39, 0.29) is 38.8 Å². The first-order valence-corrected chi connectivity index (χ1v) is 16.0. The van der Waals surface area contributed by atoms with E-state index >= 15 is 0 Å². The fraction of sp³-hybridized carbons (Fsp3) is 0.963. The van der Waals surface area contributed by atoms with Crippen LogP contribution >= 0.6 is 7.82 Å². The molecular weight excluding hydrogens is 481 g/mol. The summed E-state index contributed by atoms with van der Waals surface area (Å²) >= 11 is 0. The van der Waals surface area contributed by atoms with Crippen molar-refractivity contribution in [3.63, 3.8) is 0 Å². The molecule has 0 saturated heterocycles. The molecule has 0 aromatic heterocycles. The summed E-state index contributed by atoms with van der Waals surface area (Å²) in [6, 6.07) is 0. The van der Waals surface area contributed by atoms with E-state index in [2.05, 4.69) is 6.92 Å². The maximum atomic E-state index is 11.8. The molecule has 0 aromatic rings. The molecule has 0 aliphatic rings. The highest BCUT2D eigenvalue weighted by Crippen LogP contribution is 2.43. The second kappa shape index (κ2) is 26.1. The molecule has 216 valence electrons. The van der Waals surface area contributed by atoms with Gasteiger partial charge in [0, 0.05) is 19.6 Å². The van der Waals surface area contributed by atoms with Crippen molar-refractivity contribution in [1.29, 1.82) is 0 Å². The third kappa shape index (κ3) is 25.2. The first-order valence-electron chi connectivity index (χ1n) is 14.5. The lowest BCUT2D eigenvalue weighted by Gasteiger charge is -2.19. The number of carbonyl (C=O) groups is 1. The lowest BCUT2D eigenvalue weighted by molar-refractivity contribution is -0.154. The number of hydrogen-bond donors (Lipinski definition) is 2. The Morgan fingerprint density at radius 2 is 1.22 bits per heavy atom. The van der Waals surface area contributed by atoms with Gasteiger partial charge in [0.15, 0.2) is 0 Å². The van der Waals surface area contributed by atoms with Crippen molar-refractivity contribution in [2.24, 2.45) is 5.73 Å². The van der Waals surface area contributed by atoms with Crippen LogP contribution in [0.5, 0.6) is 0 Å². The number of esters is 1. The van der Waals surface area contributed by atoms with Gasteiger partial charge in [0.1, 0.15) is 6.10 Å². The summed E-state index contributed by atoms with van der Waals surface area (Å²) in [5.41, 5.74) is 5.27. The largest absolute Gasteiger partial charge is 0.472 e. The Morgan fingerprint density at radius 3 is 1.69 bits per heavy atom. The van der Waals surface area contributed by atoms with E-state index in [1.165, 1.54) is 89.9 Å². The molecule has 8 nitrogen and oxygen atoms in total. The lowest BCUT2D eigenvalue weighted by Crippen LogP contribution is -2.28. The van der Waals surface area contributed by atoms with Crippen molar-refractivity contribution in [1.82, 2.24) is 0 Å². The van der Waals surface area contributed by atoms with Gasteiger partial charge in [0.05, 0.1) is 19.8 Å². The average molecular weight is 538 g/mol. The molecule has 3 N–H and O–H groups in total. The molecule has 0 saturated carbocycles. The van der Waals surface area contributed by atoms with Gasteiger partial charge in [-0.05, 0) is 12.8 Å². The Morgan fingerprint density at radius 1 is 0.722 bits per heavy atom. The smallest absolute Gasteiger partial charge is 0.457 e. The highest BCUT2D eigenvalue weighted by molar-refractivity contribution is 7.47. The van der Waals surface area contributed by atoms with Crippen molar-refractivity contribution in [2.45, 2.75) is 136 Å². The normalized spacial score (nSPS) is 14.0. The van der Waals surface area contributed by atoms with Crippen molar-refractivity contribution in [3.05, 3.63) is 0 Å². The average Bonchev–Trinajstić information content (AvgIpc) is 2.85. The zero-order valence-corrected chi connectivity index (χ0v) is 24.2. The van der Waals surface area contributed by atoms with Crippen molar-refractivity contribution in [3.8, 4) is 0 Å². The van der Waals surface area contributed by atoms with Crippen LogP contribution in [-0.4, -0.2) is 49.9 Å². The fourth-order valence-corrected chi connectivity index (χ4v) is 4.68. The Balaban J connectivity index is 3.73. The second-order valence-electron chi connectivity index (χ2n) is 9.63. The Bertz CT molecular complexity index is 536. The molecule has 0 spiro atoms. The number of carbonyl (C=O) groups excluding carboxylic acids is 1. The van der Waals surface area contributed by atoms with E-state index in [1.807, 2.05) is 6.92 Å². The summed E-state index contributed by atoms with van der Waals surface area (Å²) in [6.07, 6.45) is 21.2. The van der Waals surface area contributed by atoms with Crippen LogP contribution in [0.15, 0.2) is 0 Å². The van der Waals surface area contributed by atoms with E-state index in [4.69, 9.17) is 24.3 Å². The van der Waals surface area contributed by atoms with Crippen LogP contribution in [-0.2, 0) is 27.9 Å². The highest BCUT2D eigenvalue weighted by Gasteiger charge is 2.25. The summed E-state index contributed by atoms with van der Waals surface area (Å²) in [5, 5.41) is 0. The summed E-state index contributed by atoms with van der Waals surface area (Å²) in [5.74, 6) is -0.382. The van der Waals surface area contributed by atoms with E-state index in [0.717, 1.165) is 12.8 Å². The number of phosphoric acid groups is 1. The fourth-order valence-electron chi connectivity index (χ4n) is 3.91. The maximum absolute atomic E-state index is 11.8. The van der Waals surface area contributed by atoms with Gasteiger partial charge >= 0.3 is 13.8 Å². The van der Waals surface area contributed by atoms with Gasteiger partial charge in [-0.2, -0.15) is 0 Å². The molecule has 0 aromatic carbocycles. The Labute approximate surface area is 221 Å². The van der Waals surface area contributed by atoms with Crippen molar-refractivity contribution in [2.75, 3.05) is 33.0 Å². The quantitative estimate of drug-likeness (QED) is 0.0618. The SMILES string of the molecule is CCCCCCCCCCCCCCCCCCOC[C@H](COP(=O)(O)OCCN)OC(=O)CCC. The number of phosphoric ester groups is 1. The molecule has 0 amide bonds. The van der Waals surface area contributed by atoms with E-state index < -0.39 is 13.9 Å². The van der Waals surface area contributed by atoms with E-state index in [1.54, 1.807) is 0 Å². The third-order valence-electron chi connectivity index (χ3n) is 5.99. The van der Waals surface area contributed by atoms with Crippen LogP contribution < -0.4 is 5.73 Å². The maximum Gasteiger partial charge on any atom is 0.472 e. The highest BCUT2D eigenvalue weighted by atomic mass is 31.2. The first kappa shape index (κ1) is 35.5. The minimum atomic E-state index is -4.23. The summed E-state index contributed by atoms with van der Waals surface area (Å²) < 4.78 is 32.4. The number of rotatable bonds is 28. The first-order chi connectivity index (χ1) is 17.4. The molecule has 0 aliphatic heterocycles. The van der Waals surface area contributed by atoms with Gasteiger partial charge < -0.3 is 20.1 Å². The molecule has 0 radical (unpaired) electrons. The van der Waals surface area contributed by atoms with Crippen LogP contribution in [0.25, 0.3) is 0 Å². The van der Waals surface area contributed by atoms with Crippen LogP contribution in [0.2, 0.25) is 0 Å². The molecule has 0 fully saturated rings. The zero-order valence-electron chi connectivity index (χ0n) is 23.3. The molecule has 9 heteroatoms. The van der Waals surface area contributed by atoms with Gasteiger partial charge in [0.2, 0.25) is 0 Å². The summed E-state index contributed by atoms with van der Waals surface area (Å²) in [6.45, 7) is 4.56. The van der Waals surface area contributed by atoms with Gasteiger partial charge in [-0.1, -0.05) is 110 Å². The van der Waals surface area contributed by atoms with Crippen LogP contribution in [0.3, 0.4) is 0 Å². The number of hydrogen-bond acceptors (Lipinski definition) is 7. The minimum Gasteiger partial charge on any atom is -0.457 e. The Kier molecular flexibility index (Phi) is 25.8. The predicted octanol–water partition coefficient (Wildman–Crippen LogP) is 7.07. The van der Waals surface area contributed by atoms with Crippen LogP contribution in [0.1, 0.15) is 129 Å².